The van der Waals surface area contributed by atoms with Crippen LogP contribution in [0.25, 0.3) is 5.69 Å². The van der Waals surface area contributed by atoms with Crippen LogP contribution in [0.4, 0.5) is 10.1 Å². The second-order valence-electron chi connectivity index (χ2n) is 4.93. The predicted molar refractivity (Wildman–Crippen MR) is 91.8 cm³/mol. The molecule has 1 aromatic heterocycles. The molecular formula is C17H13BrFN3O2. The molecule has 122 valence electrons. The molecule has 0 atom stereocenters. The Labute approximate surface area is 146 Å². The first-order valence-electron chi connectivity index (χ1n) is 7.08. The van der Waals surface area contributed by atoms with E-state index in [1.54, 1.807) is 30.7 Å². The molecule has 0 aliphatic heterocycles. The Balaban J connectivity index is 1.56. The molecule has 3 aromatic rings. The molecule has 0 aliphatic rings. The first-order chi connectivity index (χ1) is 11.6. The third-order valence-electron chi connectivity index (χ3n) is 3.21. The molecule has 24 heavy (non-hydrogen) atoms. The summed E-state index contributed by atoms with van der Waals surface area (Å²) in [6.07, 6.45) is 5.21. The van der Waals surface area contributed by atoms with Gasteiger partial charge in [0.15, 0.2) is 18.2 Å². The molecule has 0 aliphatic carbocycles. The smallest absolute Gasteiger partial charge is 0.262 e. The quantitative estimate of drug-likeness (QED) is 0.721. The normalized spacial score (nSPS) is 10.4. The number of nitrogens with one attached hydrogen (secondary N) is 1. The topological polar surface area (TPSA) is 56.1 Å². The van der Waals surface area contributed by atoms with Crippen molar-refractivity contribution in [3.05, 3.63) is 71.5 Å². The van der Waals surface area contributed by atoms with Crippen molar-refractivity contribution in [2.75, 3.05) is 11.9 Å². The highest BCUT2D eigenvalue weighted by molar-refractivity contribution is 9.10. The first-order valence-corrected chi connectivity index (χ1v) is 7.87. The van der Waals surface area contributed by atoms with Gasteiger partial charge in [0, 0.05) is 28.2 Å². The van der Waals surface area contributed by atoms with Crippen LogP contribution in [0.5, 0.6) is 5.75 Å². The Morgan fingerprint density at radius 3 is 2.71 bits per heavy atom. The van der Waals surface area contributed by atoms with Crippen LogP contribution in [0.3, 0.4) is 0 Å². The van der Waals surface area contributed by atoms with Crippen LogP contribution in [0.1, 0.15) is 0 Å². The fourth-order valence-electron chi connectivity index (χ4n) is 2.06. The molecule has 3 rings (SSSR count). The van der Waals surface area contributed by atoms with Gasteiger partial charge in [-0.3, -0.25) is 4.79 Å². The zero-order chi connectivity index (χ0) is 16.9. The largest absolute Gasteiger partial charge is 0.481 e. The lowest BCUT2D eigenvalue weighted by Gasteiger charge is -2.09. The van der Waals surface area contributed by atoms with Crippen LogP contribution in [0.15, 0.2) is 65.7 Å². The summed E-state index contributed by atoms with van der Waals surface area (Å²) >= 11 is 3.16. The minimum atomic E-state index is -0.526. The zero-order valence-electron chi connectivity index (χ0n) is 12.4. The van der Waals surface area contributed by atoms with Crippen molar-refractivity contribution in [2.24, 2.45) is 0 Å². The number of rotatable bonds is 5. The number of hydrogen-bond acceptors (Lipinski definition) is 3. The predicted octanol–water partition coefficient (Wildman–Crippen LogP) is 3.79. The minimum absolute atomic E-state index is 0.0313. The monoisotopic (exact) mass is 389 g/mol. The lowest BCUT2D eigenvalue weighted by molar-refractivity contribution is -0.118. The van der Waals surface area contributed by atoms with Crippen molar-refractivity contribution in [3.63, 3.8) is 0 Å². The van der Waals surface area contributed by atoms with Crippen LogP contribution >= 0.6 is 15.9 Å². The van der Waals surface area contributed by atoms with Gasteiger partial charge in [0.25, 0.3) is 5.91 Å². The van der Waals surface area contributed by atoms with Gasteiger partial charge < -0.3 is 14.6 Å². The number of amides is 1. The summed E-state index contributed by atoms with van der Waals surface area (Å²) in [6, 6.07) is 11.6. The van der Waals surface area contributed by atoms with Gasteiger partial charge in [0.05, 0.1) is 6.33 Å². The standard InChI is InChI=1S/C17H13BrFN3O2/c18-12-1-6-16(15(19)9-12)24-10-17(23)21-13-2-4-14(5-3-13)22-8-7-20-11-22/h1-9,11H,10H2,(H,21,23). The van der Waals surface area contributed by atoms with Crippen LogP contribution in [-0.4, -0.2) is 22.1 Å². The molecule has 5 nitrogen and oxygen atoms in total. The van der Waals surface area contributed by atoms with Gasteiger partial charge >= 0.3 is 0 Å². The summed E-state index contributed by atoms with van der Waals surface area (Å²) in [5.74, 6) is -0.863. The maximum atomic E-state index is 13.6. The summed E-state index contributed by atoms with van der Waals surface area (Å²) in [6.45, 7) is -0.276. The fraction of sp³-hybridized carbons (Fsp3) is 0.0588. The number of imidazole rings is 1. The average Bonchev–Trinajstić information content (AvgIpc) is 3.09. The number of aromatic nitrogens is 2. The number of anilines is 1. The number of halogens is 2. The SMILES string of the molecule is O=C(COc1ccc(Br)cc1F)Nc1ccc(-n2ccnc2)cc1. The maximum Gasteiger partial charge on any atom is 0.262 e. The van der Waals surface area contributed by atoms with Crippen molar-refractivity contribution < 1.29 is 13.9 Å². The van der Waals surface area contributed by atoms with Crippen LogP contribution in [-0.2, 0) is 4.79 Å². The van der Waals surface area contributed by atoms with Crippen molar-refractivity contribution in [2.45, 2.75) is 0 Å². The van der Waals surface area contributed by atoms with Gasteiger partial charge in [-0.2, -0.15) is 0 Å². The molecule has 0 saturated heterocycles. The van der Waals surface area contributed by atoms with Gasteiger partial charge in [-0.05, 0) is 42.5 Å². The van der Waals surface area contributed by atoms with E-state index in [-0.39, 0.29) is 18.3 Å². The van der Waals surface area contributed by atoms with E-state index >= 15 is 0 Å². The number of nitrogens with zero attached hydrogens (tertiary/aromatic N) is 2. The zero-order valence-corrected chi connectivity index (χ0v) is 14.0. The van der Waals surface area contributed by atoms with Crippen molar-refractivity contribution in [1.82, 2.24) is 9.55 Å². The molecule has 0 spiro atoms. The number of ether oxygens (including phenoxy) is 1. The summed E-state index contributed by atoms with van der Waals surface area (Å²) in [5, 5.41) is 2.69. The van der Waals surface area contributed by atoms with Crippen molar-refractivity contribution >= 4 is 27.5 Å². The molecule has 0 saturated carbocycles. The molecule has 0 radical (unpaired) electrons. The van der Waals surface area contributed by atoms with E-state index < -0.39 is 5.82 Å². The van der Waals surface area contributed by atoms with Crippen LogP contribution < -0.4 is 10.1 Å². The maximum absolute atomic E-state index is 13.6. The van der Waals surface area contributed by atoms with E-state index in [2.05, 4.69) is 26.2 Å². The van der Waals surface area contributed by atoms with E-state index in [9.17, 15) is 9.18 Å². The lowest BCUT2D eigenvalue weighted by atomic mass is 10.2. The summed E-state index contributed by atoms with van der Waals surface area (Å²) < 4.78 is 21.3. The van der Waals surface area contributed by atoms with E-state index in [4.69, 9.17) is 4.74 Å². The van der Waals surface area contributed by atoms with Crippen molar-refractivity contribution in [1.29, 1.82) is 0 Å². The molecule has 1 heterocycles. The summed E-state index contributed by atoms with van der Waals surface area (Å²) in [4.78, 5) is 15.9. The average molecular weight is 390 g/mol. The van der Waals surface area contributed by atoms with Gasteiger partial charge in [0.1, 0.15) is 0 Å². The van der Waals surface area contributed by atoms with Gasteiger partial charge in [-0.1, -0.05) is 15.9 Å². The Hall–Kier alpha value is -2.67. The highest BCUT2D eigenvalue weighted by atomic mass is 79.9. The Kier molecular flexibility index (Phi) is 4.90. The first kappa shape index (κ1) is 16.2. The van der Waals surface area contributed by atoms with Crippen LogP contribution in [0, 0.1) is 5.82 Å². The Bertz CT molecular complexity index is 836. The number of hydrogen-bond donors (Lipinski definition) is 1. The molecule has 0 fully saturated rings. The van der Waals surface area contributed by atoms with E-state index in [0.29, 0.717) is 10.2 Å². The molecule has 7 heteroatoms. The third kappa shape index (κ3) is 3.99. The minimum Gasteiger partial charge on any atom is -0.481 e. The number of benzene rings is 2. The molecular weight excluding hydrogens is 377 g/mol. The molecule has 1 amide bonds. The lowest BCUT2D eigenvalue weighted by Crippen LogP contribution is -2.20. The van der Waals surface area contributed by atoms with E-state index in [0.717, 1.165) is 5.69 Å². The van der Waals surface area contributed by atoms with E-state index in [1.807, 2.05) is 22.9 Å². The Morgan fingerprint density at radius 2 is 2.04 bits per heavy atom. The number of carbonyl (C=O) groups excluding carboxylic acids is 1. The molecule has 2 aromatic carbocycles. The highest BCUT2D eigenvalue weighted by Crippen LogP contribution is 2.21. The van der Waals surface area contributed by atoms with Gasteiger partial charge in [-0.15, -0.1) is 0 Å². The second-order valence-corrected chi connectivity index (χ2v) is 5.84. The highest BCUT2D eigenvalue weighted by Gasteiger charge is 2.08. The summed E-state index contributed by atoms with van der Waals surface area (Å²) in [7, 11) is 0. The van der Waals surface area contributed by atoms with Crippen LogP contribution in [0.2, 0.25) is 0 Å². The van der Waals surface area contributed by atoms with E-state index in [1.165, 1.54) is 12.1 Å². The van der Waals surface area contributed by atoms with Crippen molar-refractivity contribution in [3.8, 4) is 11.4 Å². The molecule has 0 unspecified atom stereocenters. The van der Waals surface area contributed by atoms with Gasteiger partial charge in [-0.25, -0.2) is 9.37 Å². The summed E-state index contributed by atoms with van der Waals surface area (Å²) in [5.41, 5.74) is 1.56. The van der Waals surface area contributed by atoms with Gasteiger partial charge in [0.2, 0.25) is 0 Å². The second kappa shape index (κ2) is 7.27. The molecule has 1 N–H and O–H groups in total. The Morgan fingerprint density at radius 1 is 1.25 bits per heavy atom. The molecule has 0 bridgehead atoms. The number of carbonyl (C=O) groups is 1. The third-order valence-corrected chi connectivity index (χ3v) is 3.70. The fourth-order valence-corrected chi connectivity index (χ4v) is 2.39.